The molecule has 0 atom stereocenters. The minimum Gasteiger partial charge on any atom is -0.466 e. The van der Waals surface area contributed by atoms with Crippen molar-refractivity contribution in [3.8, 4) is 0 Å². The molecular weight excluding hydrogens is 642 g/mol. The maximum absolute atomic E-state index is 12.4. The summed E-state index contributed by atoms with van der Waals surface area (Å²) in [5.74, 6) is -0.243. The third-order valence-corrected chi connectivity index (χ3v) is 9.04. The van der Waals surface area contributed by atoms with Gasteiger partial charge in [0.05, 0.1) is 39.5 Å². The Morgan fingerprint density at radius 3 is 1.49 bits per heavy atom. The van der Waals surface area contributed by atoms with Gasteiger partial charge in [-0.3, -0.25) is 9.59 Å². The van der Waals surface area contributed by atoms with Gasteiger partial charge in [-0.05, 0) is 58.0 Å². The van der Waals surface area contributed by atoms with Crippen LogP contribution in [0.5, 0.6) is 0 Å². The molecule has 0 aromatic rings. The van der Waals surface area contributed by atoms with Crippen LogP contribution in [-0.4, -0.2) is 80.9 Å². The first-order valence-electron chi connectivity index (χ1n) is 21.2. The van der Waals surface area contributed by atoms with Crippen molar-refractivity contribution in [1.29, 1.82) is 0 Å². The summed E-state index contributed by atoms with van der Waals surface area (Å²) in [4.78, 5) is 26.7. The Kier molecular flexibility index (Phi) is 39.6. The highest BCUT2D eigenvalue weighted by Crippen LogP contribution is 2.11. The van der Waals surface area contributed by atoms with Crippen molar-refractivity contribution < 1.29 is 33.6 Å². The van der Waals surface area contributed by atoms with Gasteiger partial charge in [0, 0.05) is 19.4 Å². The average Bonchev–Trinajstić information content (AvgIpc) is 3.13. The molecule has 0 unspecified atom stereocenters. The molecule has 0 aliphatic carbocycles. The molecule has 0 fully saturated rings. The van der Waals surface area contributed by atoms with Gasteiger partial charge >= 0.3 is 11.9 Å². The standard InChI is InChI=1S/C43H81NO7/c1-4-7-10-13-14-21-26-37-48-41(46)30-23-16-15-17-24-33-44(35-36-45)34-25-18-22-27-38-49-42(47)31-32-43(50-39-28-19-11-8-5-2)51-40-29-20-12-9-6-3/h19-20,28-29,43,45H,4-18,21-27,30-40H2,1-3H3/b28-19+,29-20+. The Morgan fingerprint density at radius 1 is 0.529 bits per heavy atom. The second kappa shape index (κ2) is 41.0. The lowest BCUT2D eigenvalue weighted by Gasteiger charge is -2.21. The van der Waals surface area contributed by atoms with Crippen molar-refractivity contribution in [2.75, 3.05) is 52.7 Å². The number of nitrogens with zero attached hydrogens (tertiary/aromatic N) is 1. The molecular formula is C43H81NO7. The van der Waals surface area contributed by atoms with Crippen LogP contribution in [0.4, 0.5) is 0 Å². The van der Waals surface area contributed by atoms with Crippen molar-refractivity contribution in [1.82, 2.24) is 4.90 Å². The molecule has 0 spiro atoms. The number of carbonyl (C=O) groups excluding carboxylic acids is 2. The van der Waals surface area contributed by atoms with E-state index < -0.39 is 6.29 Å². The predicted octanol–water partition coefficient (Wildman–Crippen LogP) is 10.7. The largest absolute Gasteiger partial charge is 0.466 e. The van der Waals surface area contributed by atoms with Crippen LogP contribution in [0.3, 0.4) is 0 Å². The minimum absolute atomic E-state index is 0.0455. The van der Waals surface area contributed by atoms with Gasteiger partial charge in [0.1, 0.15) is 0 Å². The van der Waals surface area contributed by atoms with Crippen LogP contribution in [0.2, 0.25) is 0 Å². The van der Waals surface area contributed by atoms with E-state index in [0.717, 1.165) is 96.6 Å². The fourth-order valence-electron chi connectivity index (χ4n) is 5.77. The van der Waals surface area contributed by atoms with Crippen molar-refractivity contribution in [2.45, 2.75) is 188 Å². The maximum Gasteiger partial charge on any atom is 0.305 e. The van der Waals surface area contributed by atoms with Crippen LogP contribution in [0.1, 0.15) is 181 Å². The van der Waals surface area contributed by atoms with Crippen LogP contribution in [0.15, 0.2) is 24.3 Å². The van der Waals surface area contributed by atoms with E-state index in [0.29, 0.717) is 45.8 Å². The van der Waals surface area contributed by atoms with Crippen molar-refractivity contribution in [3.63, 3.8) is 0 Å². The van der Waals surface area contributed by atoms with Gasteiger partial charge in [0.15, 0.2) is 6.29 Å². The Bertz CT molecular complexity index is 781. The van der Waals surface area contributed by atoms with Gasteiger partial charge in [0.2, 0.25) is 0 Å². The lowest BCUT2D eigenvalue weighted by atomic mass is 10.1. The van der Waals surface area contributed by atoms with Gasteiger partial charge < -0.3 is 29.0 Å². The van der Waals surface area contributed by atoms with E-state index in [4.69, 9.17) is 18.9 Å². The molecule has 0 aliphatic rings. The Balaban J connectivity index is 3.96. The number of hydrogen-bond donors (Lipinski definition) is 1. The van der Waals surface area contributed by atoms with Crippen LogP contribution < -0.4 is 0 Å². The number of unbranched alkanes of at least 4 members (excludes halogenated alkanes) is 17. The molecule has 1 N–H and O–H groups in total. The van der Waals surface area contributed by atoms with Crippen LogP contribution in [-0.2, 0) is 28.5 Å². The zero-order valence-electron chi connectivity index (χ0n) is 33.6. The SMILES string of the molecule is CCCC/C=C/COC(CCC(=O)OCCCCCCN(CCO)CCCCCCCC(=O)OCCCCCCCCC)OC/C=C/CCCC. The number of ether oxygens (including phenoxy) is 4. The third-order valence-electron chi connectivity index (χ3n) is 9.04. The highest BCUT2D eigenvalue weighted by molar-refractivity contribution is 5.69. The molecule has 51 heavy (non-hydrogen) atoms. The second-order valence-electron chi connectivity index (χ2n) is 13.9. The Labute approximate surface area is 314 Å². The van der Waals surface area contributed by atoms with Crippen LogP contribution in [0, 0.1) is 0 Å². The lowest BCUT2D eigenvalue weighted by molar-refractivity contribution is -0.153. The summed E-state index contributed by atoms with van der Waals surface area (Å²) in [6, 6.07) is 0. The van der Waals surface area contributed by atoms with Gasteiger partial charge in [-0.25, -0.2) is 0 Å². The van der Waals surface area contributed by atoms with Gasteiger partial charge in [0.25, 0.3) is 0 Å². The first-order valence-corrected chi connectivity index (χ1v) is 21.2. The van der Waals surface area contributed by atoms with Gasteiger partial charge in [-0.15, -0.1) is 0 Å². The molecule has 0 aliphatic heterocycles. The first kappa shape index (κ1) is 49.3. The fourth-order valence-corrected chi connectivity index (χ4v) is 5.77. The monoisotopic (exact) mass is 724 g/mol. The van der Waals surface area contributed by atoms with Crippen molar-refractivity contribution >= 4 is 11.9 Å². The number of aliphatic hydroxyl groups excluding tert-OH is 1. The molecule has 0 rings (SSSR count). The zero-order valence-corrected chi connectivity index (χ0v) is 33.6. The summed E-state index contributed by atoms with van der Waals surface area (Å²) in [5, 5.41) is 9.51. The van der Waals surface area contributed by atoms with Gasteiger partial charge in [-0.2, -0.15) is 0 Å². The summed E-state index contributed by atoms with van der Waals surface area (Å²) in [7, 11) is 0. The highest BCUT2D eigenvalue weighted by Gasteiger charge is 2.13. The van der Waals surface area contributed by atoms with E-state index in [1.54, 1.807) is 0 Å². The van der Waals surface area contributed by atoms with E-state index in [9.17, 15) is 14.7 Å². The number of aliphatic hydroxyl groups is 1. The average molecular weight is 724 g/mol. The van der Waals surface area contributed by atoms with Crippen molar-refractivity contribution in [3.05, 3.63) is 24.3 Å². The smallest absolute Gasteiger partial charge is 0.305 e. The van der Waals surface area contributed by atoms with Gasteiger partial charge in [-0.1, -0.05) is 141 Å². The molecule has 8 heteroatoms. The van der Waals surface area contributed by atoms with E-state index in [-0.39, 0.29) is 25.0 Å². The predicted molar refractivity (Wildman–Crippen MR) is 212 cm³/mol. The summed E-state index contributed by atoms with van der Waals surface area (Å²) >= 11 is 0. The summed E-state index contributed by atoms with van der Waals surface area (Å²) in [6.07, 6.45) is 34.1. The van der Waals surface area contributed by atoms with E-state index >= 15 is 0 Å². The molecule has 0 amide bonds. The van der Waals surface area contributed by atoms with Crippen LogP contribution >= 0.6 is 0 Å². The molecule has 8 nitrogen and oxygen atoms in total. The third kappa shape index (κ3) is 37.8. The number of hydrogen-bond acceptors (Lipinski definition) is 8. The normalized spacial score (nSPS) is 11.9. The molecule has 0 saturated heterocycles. The lowest BCUT2D eigenvalue weighted by Crippen LogP contribution is -2.29. The molecule has 0 aromatic heterocycles. The number of carbonyl (C=O) groups is 2. The zero-order chi connectivity index (χ0) is 37.3. The number of esters is 2. The number of rotatable bonds is 40. The van der Waals surface area contributed by atoms with Crippen LogP contribution in [0.25, 0.3) is 0 Å². The topological polar surface area (TPSA) is 94.5 Å². The number of allylic oxidation sites excluding steroid dienone is 2. The maximum atomic E-state index is 12.4. The van der Waals surface area contributed by atoms with Crippen molar-refractivity contribution in [2.24, 2.45) is 0 Å². The molecule has 0 aromatic carbocycles. The Morgan fingerprint density at radius 2 is 0.980 bits per heavy atom. The highest BCUT2D eigenvalue weighted by atomic mass is 16.7. The summed E-state index contributed by atoms with van der Waals surface area (Å²) < 4.78 is 22.7. The molecule has 0 radical (unpaired) electrons. The van der Waals surface area contributed by atoms with E-state index in [2.05, 4.69) is 37.8 Å². The molecule has 0 bridgehead atoms. The Hall–Kier alpha value is -1.74. The second-order valence-corrected chi connectivity index (χ2v) is 13.9. The summed E-state index contributed by atoms with van der Waals surface area (Å²) in [6.45, 7) is 11.5. The quantitative estimate of drug-likeness (QED) is 0.0289. The molecule has 0 saturated carbocycles. The van der Waals surface area contributed by atoms with E-state index in [1.165, 1.54) is 57.8 Å². The first-order chi connectivity index (χ1) is 25.1. The van der Waals surface area contributed by atoms with E-state index in [1.807, 2.05) is 12.2 Å². The molecule has 300 valence electrons. The summed E-state index contributed by atoms with van der Waals surface area (Å²) in [5.41, 5.74) is 0. The minimum atomic E-state index is -0.425. The molecule has 0 heterocycles. The fraction of sp³-hybridized carbons (Fsp3) is 0.860.